The summed E-state index contributed by atoms with van der Waals surface area (Å²) < 4.78 is 0. The summed E-state index contributed by atoms with van der Waals surface area (Å²) >= 11 is 0. The molecule has 25 heavy (non-hydrogen) atoms. The lowest BCUT2D eigenvalue weighted by Gasteiger charge is -2.22. The van der Waals surface area contributed by atoms with Crippen molar-refractivity contribution < 1.29 is 4.79 Å². The first-order valence-electron chi connectivity index (χ1n) is 9.02. The molecule has 2 aromatic carbocycles. The quantitative estimate of drug-likeness (QED) is 0.672. The van der Waals surface area contributed by atoms with Crippen molar-refractivity contribution >= 4 is 16.8 Å². The zero-order chi connectivity index (χ0) is 18.1. The number of hydrogen-bond acceptors (Lipinski definition) is 1. The number of benzene rings is 2. The Kier molecular flexibility index (Phi) is 4.67. The molecule has 0 atom stereocenters. The molecule has 0 unspecified atom stereocenters. The second-order valence-electron chi connectivity index (χ2n) is 6.67. The van der Waals surface area contributed by atoms with Crippen molar-refractivity contribution in [2.45, 2.75) is 47.0 Å². The third-order valence-electron chi connectivity index (χ3n) is 5.25. The highest BCUT2D eigenvalue weighted by Gasteiger charge is 2.23. The van der Waals surface area contributed by atoms with Gasteiger partial charge >= 0.3 is 0 Å². The summed E-state index contributed by atoms with van der Waals surface area (Å²) in [5, 5.41) is 1.19. The van der Waals surface area contributed by atoms with Crippen molar-refractivity contribution in [1.29, 1.82) is 0 Å². The molecular formula is C22H26N2O. The summed E-state index contributed by atoms with van der Waals surface area (Å²) in [6.07, 6.45) is 4.91. The SMILES string of the molecule is CCCc1c(C)c(C)c(C(N)=O)c(CC)c1-c1c[nH]c2ccccc12. The van der Waals surface area contributed by atoms with E-state index < -0.39 is 0 Å². The Hall–Kier alpha value is -2.55. The maximum atomic E-state index is 12.2. The first kappa shape index (κ1) is 17.3. The number of nitrogens with one attached hydrogen (secondary N) is 1. The molecule has 1 amide bonds. The second-order valence-corrected chi connectivity index (χ2v) is 6.67. The van der Waals surface area contributed by atoms with E-state index in [0.717, 1.165) is 35.9 Å². The van der Waals surface area contributed by atoms with E-state index >= 15 is 0 Å². The minimum Gasteiger partial charge on any atom is -0.366 e. The minimum atomic E-state index is -0.332. The first-order chi connectivity index (χ1) is 12.0. The summed E-state index contributed by atoms with van der Waals surface area (Å²) in [5.41, 5.74) is 14.6. The number of rotatable bonds is 5. The zero-order valence-electron chi connectivity index (χ0n) is 15.5. The van der Waals surface area contributed by atoms with Crippen LogP contribution in [-0.2, 0) is 12.8 Å². The van der Waals surface area contributed by atoms with Crippen LogP contribution in [0.15, 0.2) is 30.5 Å². The molecule has 0 saturated heterocycles. The molecule has 3 rings (SSSR count). The summed E-state index contributed by atoms with van der Waals surface area (Å²) in [7, 11) is 0. The highest BCUT2D eigenvalue weighted by atomic mass is 16.1. The summed E-state index contributed by atoms with van der Waals surface area (Å²) in [6, 6.07) is 8.31. The Balaban J connectivity index is 2.47. The third kappa shape index (κ3) is 2.74. The number of aromatic amines is 1. The fraction of sp³-hybridized carbons (Fsp3) is 0.318. The number of nitrogens with two attached hydrogens (primary N) is 1. The number of carbonyl (C=O) groups excluding carboxylic acids is 1. The lowest BCUT2D eigenvalue weighted by atomic mass is 9.82. The predicted molar refractivity (Wildman–Crippen MR) is 105 cm³/mol. The Bertz CT molecular complexity index is 950. The van der Waals surface area contributed by atoms with E-state index in [0.29, 0.717) is 5.56 Å². The van der Waals surface area contributed by atoms with E-state index in [2.05, 4.69) is 50.2 Å². The van der Waals surface area contributed by atoms with Crippen LogP contribution in [0.5, 0.6) is 0 Å². The van der Waals surface area contributed by atoms with E-state index in [4.69, 9.17) is 5.73 Å². The molecule has 3 aromatic rings. The predicted octanol–water partition coefficient (Wildman–Crippen LogP) is 5.07. The number of carbonyl (C=O) groups is 1. The van der Waals surface area contributed by atoms with Crippen LogP contribution in [0, 0.1) is 13.8 Å². The zero-order valence-corrected chi connectivity index (χ0v) is 15.5. The molecule has 0 saturated carbocycles. The van der Waals surface area contributed by atoms with Gasteiger partial charge in [-0.2, -0.15) is 0 Å². The van der Waals surface area contributed by atoms with Crippen molar-refractivity contribution in [2.24, 2.45) is 5.73 Å². The fourth-order valence-corrected chi connectivity index (χ4v) is 3.99. The maximum absolute atomic E-state index is 12.2. The Morgan fingerprint density at radius 3 is 2.44 bits per heavy atom. The first-order valence-corrected chi connectivity index (χ1v) is 9.02. The van der Waals surface area contributed by atoms with Crippen molar-refractivity contribution in [3.05, 3.63) is 58.3 Å². The van der Waals surface area contributed by atoms with Gasteiger partial charge in [-0.3, -0.25) is 4.79 Å². The summed E-state index contributed by atoms with van der Waals surface area (Å²) in [5.74, 6) is -0.332. The van der Waals surface area contributed by atoms with Crippen LogP contribution in [0.3, 0.4) is 0 Å². The standard InChI is InChI=1S/C22H26N2O/c1-5-9-16-13(3)14(4)20(22(23)25)15(6-2)21(16)18-12-24-19-11-8-7-10-17(18)19/h7-8,10-12,24H,5-6,9H2,1-4H3,(H2,23,25). The van der Waals surface area contributed by atoms with Crippen LogP contribution in [-0.4, -0.2) is 10.9 Å². The van der Waals surface area contributed by atoms with E-state index in [1.54, 1.807) is 0 Å². The molecule has 3 heteroatoms. The van der Waals surface area contributed by atoms with Gasteiger partial charge in [0.1, 0.15) is 0 Å². The van der Waals surface area contributed by atoms with Crippen molar-refractivity contribution in [1.82, 2.24) is 4.98 Å². The molecule has 0 bridgehead atoms. The average molecular weight is 334 g/mol. The summed E-state index contributed by atoms with van der Waals surface area (Å²) in [4.78, 5) is 15.6. The van der Waals surface area contributed by atoms with Gasteiger partial charge in [-0.25, -0.2) is 0 Å². The Morgan fingerprint density at radius 1 is 1.08 bits per heavy atom. The van der Waals surface area contributed by atoms with E-state index in [1.165, 1.54) is 27.6 Å². The topological polar surface area (TPSA) is 58.9 Å². The van der Waals surface area contributed by atoms with E-state index in [1.807, 2.05) is 13.0 Å². The van der Waals surface area contributed by atoms with Crippen LogP contribution in [0.2, 0.25) is 0 Å². The van der Waals surface area contributed by atoms with Crippen LogP contribution >= 0.6 is 0 Å². The Labute approximate surface area is 149 Å². The molecule has 0 fully saturated rings. The maximum Gasteiger partial charge on any atom is 0.249 e. The van der Waals surface area contributed by atoms with E-state index in [-0.39, 0.29) is 5.91 Å². The molecule has 3 N–H and O–H groups in total. The largest absolute Gasteiger partial charge is 0.366 e. The smallest absolute Gasteiger partial charge is 0.249 e. The number of H-pyrrole nitrogens is 1. The fourth-order valence-electron chi connectivity index (χ4n) is 3.99. The van der Waals surface area contributed by atoms with Gasteiger partial charge in [-0.15, -0.1) is 0 Å². The molecular weight excluding hydrogens is 308 g/mol. The molecule has 130 valence electrons. The van der Waals surface area contributed by atoms with Crippen LogP contribution < -0.4 is 5.73 Å². The minimum absolute atomic E-state index is 0.332. The van der Waals surface area contributed by atoms with Gasteiger partial charge in [0.25, 0.3) is 0 Å². The van der Waals surface area contributed by atoms with Gasteiger partial charge in [0.05, 0.1) is 0 Å². The van der Waals surface area contributed by atoms with Gasteiger partial charge in [0, 0.05) is 28.2 Å². The van der Waals surface area contributed by atoms with Gasteiger partial charge in [-0.05, 0) is 60.6 Å². The number of primary amides is 1. The van der Waals surface area contributed by atoms with Gasteiger partial charge in [0.2, 0.25) is 5.91 Å². The van der Waals surface area contributed by atoms with Gasteiger partial charge < -0.3 is 10.7 Å². The second kappa shape index (κ2) is 6.75. The normalized spacial score (nSPS) is 11.2. The van der Waals surface area contributed by atoms with Crippen LogP contribution in [0.25, 0.3) is 22.0 Å². The van der Waals surface area contributed by atoms with Crippen molar-refractivity contribution in [2.75, 3.05) is 0 Å². The van der Waals surface area contributed by atoms with Crippen LogP contribution in [0.1, 0.15) is 52.9 Å². The molecule has 0 aliphatic heterocycles. The van der Waals surface area contributed by atoms with E-state index in [9.17, 15) is 4.79 Å². The summed E-state index contributed by atoms with van der Waals surface area (Å²) in [6.45, 7) is 8.43. The highest BCUT2D eigenvalue weighted by Crippen LogP contribution is 2.39. The lowest BCUT2D eigenvalue weighted by Crippen LogP contribution is -2.18. The molecule has 1 aromatic heterocycles. The van der Waals surface area contributed by atoms with Crippen molar-refractivity contribution in [3.8, 4) is 11.1 Å². The number of hydrogen-bond donors (Lipinski definition) is 2. The molecule has 0 aliphatic rings. The molecule has 0 aliphatic carbocycles. The Morgan fingerprint density at radius 2 is 1.80 bits per heavy atom. The number of amides is 1. The lowest BCUT2D eigenvalue weighted by molar-refractivity contribution is 0.0999. The van der Waals surface area contributed by atoms with Crippen LogP contribution in [0.4, 0.5) is 0 Å². The molecule has 1 heterocycles. The van der Waals surface area contributed by atoms with Gasteiger partial charge in [0.15, 0.2) is 0 Å². The highest BCUT2D eigenvalue weighted by molar-refractivity contribution is 6.03. The third-order valence-corrected chi connectivity index (χ3v) is 5.25. The monoisotopic (exact) mass is 334 g/mol. The average Bonchev–Trinajstić information content (AvgIpc) is 3.02. The number of fused-ring (bicyclic) bond motifs is 1. The van der Waals surface area contributed by atoms with Gasteiger partial charge in [-0.1, -0.05) is 38.5 Å². The molecule has 3 nitrogen and oxygen atoms in total. The molecule has 0 spiro atoms. The van der Waals surface area contributed by atoms with Crippen molar-refractivity contribution in [3.63, 3.8) is 0 Å². The number of para-hydroxylation sites is 1. The number of aromatic nitrogens is 1. The molecule has 0 radical (unpaired) electrons.